The van der Waals surface area contributed by atoms with E-state index in [4.69, 9.17) is 10.5 Å². The van der Waals surface area contributed by atoms with E-state index in [0.717, 1.165) is 17.5 Å². The molecule has 0 saturated carbocycles. The lowest BCUT2D eigenvalue weighted by atomic mass is 9.97. The maximum atomic E-state index is 12.1. The molecule has 0 unspecified atom stereocenters. The van der Waals surface area contributed by atoms with E-state index in [0.29, 0.717) is 19.5 Å². The number of hydrogen-bond donors (Lipinski definition) is 1. The van der Waals surface area contributed by atoms with Gasteiger partial charge in [0.25, 0.3) is 5.91 Å². The van der Waals surface area contributed by atoms with Gasteiger partial charge in [0.2, 0.25) is 5.91 Å². The van der Waals surface area contributed by atoms with Gasteiger partial charge in [-0.1, -0.05) is 29.8 Å². The van der Waals surface area contributed by atoms with Crippen molar-refractivity contribution in [3.8, 4) is 0 Å². The second-order valence-electron chi connectivity index (χ2n) is 5.90. The zero-order valence-electron chi connectivity index (χ0n) is 13.3. The Hall–Kier alpha value is -2.37. The molecule has 1 atom stereocenters. The molecule has 6 heteroatoms. The third kappa shape index (κ3) is 5.09. The number of aryl methyl sites for hydroxylation is 1. The van der Waals surface area contributed by atoms with Gasteiger partial charge in [-0.25, -0.2) is 0 Å². The number of nitrogens with zero attached hydrogens (tertiary/aromatic N) is 1. The van der Waals surface area contributed by atoms with Crippen LogP contribution in [-0.2, 0) is 25.5 Å². The van der Waals surface area contributed by atoms with E-state index >= 15 is 0 Å². The molecule has 1 heterocycles. The van der Waals surface area contributed by atoms with Crippen LogP contribution < -0.4 is 5.73 Å². The van der Waals surface area contributed by atoms with Crippen LogP contribution >= 0.6 is 0 Å². The molecule has 1 aliphatic rings. The fourth-order valence-electron chi connectivity index (χ4n) is 2.59. The van der Waals surface area contributed by atoms with Crippen molar-refractivity contribution in [3.05, 3.63) is 35.4 Å². The lowest BCUT2D eigenvalue weighted by Gasteiger charge is -2.31. The van der Waals surface area contributed by atoms with Gasteiger partial charge in [-0.3, -0.25) is 14.4 Å². The molecule has 1 aromatic rings. The minimum atomic E-state index is -0.439. The number of primary amides is 1. The molecule has 0 spiro atoms. The highest BCUT2D eigenvalue weighted by Gasteiger charge is 2.27. The van der Waals surface area contributed by atoms with Crippen LogP contribution in [0.15, 0.2) is 24.3 Å². The van der Waals surface area contributed by atoms with E-state index < -0.39 is 5.97 Å². The zero-order valence-corrected chi connectivity index (χ0v) is 13.3. The smallest absolute Gasteiger partial charge is 0.310 e. The summed E-state index contributed by atoms with van der Waals surface area (Å²) in [4.78, 5) is 36.6. The lowest BCUT2D eigenvalue weighted by Crippen LogP contribution is -2.45. The largest absolute Gasteiger partial charge is 0.455 e. The highest BCUT2D eigenvalue weighted by atomic mass is 16.5. The van der Waals surface area contributed by atoms with Gasteiger partial charge in [-0.15, -0.1) is 0 Å². The summed E-state index contributed by atoms with van der Waals surface area (Å²) < 4.78 is 5.04. The van der Waals surface area contributed by atoms with E-state index in [-0.39, 0.29) is 30.8 Å². The molecule has 1 aliphatic heterocycles. The Morgan fingerprint density at radius 1 is 1.26 bits per heavy atom. The van der Waals surface area contributed by atoms with Crippen molar-refractivity contribution in [1.29, 1.82) is 0 Å². The second-order valence-corrected chi connectivity index (χ2v) is 5.90. The first-order valence-electron chi connectivity index (χ1n) is 7.74. The summed E-state index contributed by atoms with van der Waals surface area (Å²) >= 11 is 0. The third-order valence-electron chi connectivity index (χ3n) is 4.00. The van der Waals surface area contributed by atoms with Crippen LogP contribution in [0.1, 0.15) is 24.0 Å². The molecular formula is C17H22N2O4. The number of hydrogen-bond acceptors (Lipinski definition) is 4. The molecule has 1 aromatic carbocycles. The van der Waals surface area contributed by atoms with Crippen LogP contribution in [0.5, 0.6) is 0 Å². The lowest BCUT2D eigenvalue weighted by molar-refractivity contribution is -0.152. The van der Waals surface area contributed by atoms with Crippen LogP contribution in [0.3, 0.4) is 0 Å². The van der Waals surface area contributed by atoms with Gasteiger partial charge in [0.05, 0.1) is 12.3 Å². The number of rotatable bonds is 5. The number of carbonyl (C=O) groups excluding carboxylic acids is 3. The number of piperidine rings is 1. The normalized spacial score (nSPS) is 17.6. The monoisotopic (exact) mass is 318 g/mol. The van der Waals surface area contributed by atoms with Crippen LogP contribution in [0.2, 0.25) is 0 Å². The summed E-state index contributed by atoms with van der Waals surface area (Å²) in [6.07, 6.45) is 1.57. The maximum Gasteiger partial charge on any atom is 0.310 e. The molecule has 2 rings (SSSR count). The second kappa shape index (κ2) is 7.76. The number of ether oxygens (including phenoxy) is 1. The first kappa shape index (κ1) is 17.0. The Morgan fingerprint density at radius 3 is 2.61 bits per heavy atom. The first-order chi connectivity index (χ1) is 11.0. The quantitative estimate of drug-likeness (QED) is 0.813. The molecule has 124 valence electrons. The van der Waals surface area contributed by atoms with Gasteiger partial charge in [0, 0.05) is 13.1 Å². The van der Waals surface area contributed by atoms with Gasteiger partial charge >= 0.3 is 5.97 Å². The van der Waals surface area contributed by atoms with Gasteiger partial charge in [0.15, 0.2) is 6.61 Å². The summed E-state index contributed by atoms with van der Waals surface area (Å²) in [5.41, 5.74) is 7.25. The molecule has 1 saturated heterocycles. The molecule has 0 bridgehead atoms. The van der Waals surface area contributed by atoms with Crippen molar-refractivity contribution in [1.82, 2.24) is 4.90 Å². The average Bonchev–Trinajstić information content (AvgIpc) is 2.55. The predicted octanol–water partition coefficient (Wildman–Crippen LogP) is 0.805. The number of amides is 2. The minimum absolute atomic E-state index is 0.136. The van der Waals surface area contributed by atoms with Crippen LogP contribution in [0.4, 0.5) is 0 Å². The average molecular weight is 318 g/mol. The van der Waals surface area contributed by atoms with Gasteiger partial charge in [0.1, 0.15) is 0 Å². The first-order valence-corrected chi connectivity index (χ1v) is 7.74. The molecule has 2 amide bonds. The van der Waals surface area contributed by atoms with Crippen molar-refractivity contribution in [2.45, 2.75) is 26.2 Å². The van der Waals surface area contributed by atoms with E-state index in [1.54, 1.807) is 0 Å². The van der Waals surface area contributed by atoms with E-state index in [1.165, 1.54) is 4.90 Å². The van der Waals surface area contributed by atoms with Crippen molar-refractivity contribution < 1.29 is 19.1 Å². The van der Waals surface area contributed by atoms with Gasteiger partial charge in [-0.2, -0.15) is 0 Å². The number of nitrogens with two attached hydrogens (primary N) is 1. The van der Waals surface area contributed by atoms with Crippen LogP contribution in [-0.4, -0.2) is 42.4 Å². The summed E-state index contributed by atoms with van der Waals surface area (Å²) in [5.74, 6) is -1.42. The molecule has 6 nitrogen and oxygen atoms in total. The Labute approximate surface area is 135 Å². The number of esters is 1. The fourth-order valence-corrected chi connectivity index (χ4v) is 2.59. The molecule has 23 heavy (non-hydrogen) atoms. The Balaban J connectivity index is 1.78. The molecule has 1 fully saturated rings. The van der Waals surface area contributed by atoms with Crippen molar-refractivity contribution >= 4 is 17.8 Å². The maximum absolute atomic E-state index is 12.1. The molecule has 0 aliphatic carbocycles. The van der Waals surface area contributed by atoms with Crippen molar-refractivity contribution in [3.63, 3.8) is 0 Å². The van der Waals surface area contributed by atoms with Crippen LogP contribution in [0.25, 0.3) is 0 Å². The van der Waals surface area contributed by atoms with Gasteiger partial charge < -0.3 is 15.4 Å². The number of likely N-dealkylation sites (tertiary alicyclic amines) is 1. The molecule has 0 aromatic heterocycles. The third-order valence-corrected chi connectivity index (χ3v) is 4.00. The summed E-state index contributed by atoms with van der Waals surface area (Å²) in [7, 11) is 0. The topological polar surface area (TPSA) is 89.7 Å². The molecular weight excluding hydrogens is 296 g/mol. The van der Waals surface area contributed by atoms with Crippen molar-refractivity contribution in [2.24, 2.45) is 11.7 Å². The van der Waals surface area contributed by atoms with E-state index in [1.807, 2.05) is 31.2 Å². The predicted molar refractivity (Wildman–Crippen MR) is 84.3 cm³/mol. The van der Waals surface area contributed by atoms with Gasteiger partial charge in [-0.05, 0) is 25.3 Å². The Bertz CT molecular complexity index is 583. The molecule has 2 N–H and O–H groups in total. The van der Waals surface area contributed by atoms with Crippen molar-refractivity contribution in [2.75, 3.05) is 19.7 Å². The Kier molecular flexibility index (Phi) is 5.73. The summed E-state index contributed by atoms with van der Waals surface area (Å²) in [6, 6.07) is 7.57. The van der Waals surface area contributed by atoms with E-state index in [9.17, 15) is 14.4 Å². The highest BCUT2D eigenvalue weighted by Crippen LogP contribution is 2.16. The van der Waals surface area contributed by atoms with Crippen LogP contribution in [0, 0.1) is 12.8 Å². The molecule has 0 radical (unpaired) electrons. The SMILES string of the molecule is Cc1ccc(CC(=O)OCC(=O)N2CCC[C@H](C(N)=O)C2)cc1. The Morgan fingerprint density at radius 2 is 1.96 bits per heavy atom. The summed E-state index contributed by atoms with van der Waals surface area (Å²) in [6.45, 7) is 2.55. The number of benzene rings is 1. The number of carbonyl (C=O) groups is 3. The standard InChI is InChI=1S/C17H22N2O4/c1-12-4-6-13(7-5-12)9-16(21)23-11-15(20)19-8-2-3-14(10-19)17(18)22/h4-7,14H,2-3,8-11H2,1H3,(H2,18,22)/t14-/m0/s1. The fraction of sp³-hybridized carbons (Fsp3) is 0.471. The zero-order chi connectivity index (χ0) is 16.8. The minimum Gasteiger partial charge on any atom is -0.455 e. The summed E-state index contributed by atoms with van der Waals surface area (Å²) in [5, 5.41) is 0. The van der Waals surface area contributed by atoms with E-state index in [2.05, 4.69) is 0 Å². The highest BCUT2D eigenvalue weighted by molar-refractivity contribution is 5.83.